The summed E-state index contributed by atoms with van der Waals surface area (Å²) in [5.74, 6) is -4.55. The van der Waals surface area contributed by atoms with E-state index in [1.54, 1.807) is 67.5 Å². The molecule has 0 aliphatic rings. The maximum Gasteiger partial charge on any atom is 0.407 e. The highest BCUT2D eigenvalue weighted by molar-refractivity contribution is 5.99. The Morgan fingerprint density at radius 2 is 1.13 bits per heavy atom. The lowest BCUT2D eigenvalue weighted by Crippen LogP contribution is -2.60. The molecule has 2 aromatic carbocycles. The van der Waals surface area contributed by atoms with E-state index in [9.17, 15) is 38.7 Å². The third kappa shape index (κ3) is 20.7. The number of ether oxygens (including phenoxy) is 2. The second-order valence-corrected chi connectivity index (χ2v) is 17.6. The summed E-state index contributed by atoms with van der Waals surface area (Å²) in [7, 11) is 0. The molecule has 0 aliphatic carbocycles. The van der Waals surface area contributed by atoms with Gasteiger partial charge in [-0.15, -0.1) is 0 Å². The molecule has 0 saturated heterocycles. The van der Waals surface area contributed by atoms with Crippen LogP contribution in [0.2, 0.25) is 0 Å². The fourth-order valence-corrected chi connectivity index (χ4v) is 5.99. The average Bonchev–Trinajstić information content (AvgIpc) is 3.17. The van der Waals surface area contributed by atoms with Gasteiger partial charge in [0.2, 0.25) is 11.8 Å². The lowest BCUT2D eigenvalue weighted by molar-refractivity contribution is -0.142. The molecular formula is C45H69N7O10. The van der Waals surface area contributed by atoms with Crippen molar-refractivity contribution < 1.29 is 48.1 Å². The van der Waals surface area contributed by atoms with Gasteiger partial charge in [-0.3, -0.25) is 19.2 Å². The van der Waals surface area contributed by atoms with Gasteiger partial charge in [0.05, 0.1) is 0 Å². The second-order valence-electron chi connectivity index (χ2n) is 17.6. The molecule has 0 bridgehead atoms. The number of nitrogens with one attached hydrogen (secondary N) is 6. The Kier molecular flexibility index (Phi) is 21.4. The van der Waals surface area contributed by atoms with Crippen molar-refractivity contribution >= 4 is 41.8 Å². The summed E-state index contributed by atoms with van der Waals surface area (Å²) in [5, 5.41) is 24.8. The third-order valence-electron chi connectivity index (χ3n) is 9.10. The molecule has 344 valence electrons. The van der Waals surface area contributed by atoms with Gasteiger partial charge in [0, 0.05) is 18.7 Å². The van der Waals surface area contributed by atoms with Crippen LogP contribution in [0.3, 0.4) is 0 Å². The van der Waals surface area contributed by atoms with Gasteiger partial charge in [0.25, 0.3) is 11.8 Å². The number of hydrogen-bond acceptors (Lipinski definition) is 10. The van der Waals surface area contributed by atoms with Gasteiger partial charge in [0.1, 0.15) is 29.3 Å². The molecular weight excluding hydrogens is 799 g/mol. The molecule has 0 unspecified atom stereocenters. The number of benzene rings is 2. The van der Waals surface area contributed by atoms with Crippen molar-refractivity contribution in [3.05, 3.63) is 59.7 Å². The highest BCUT2D eigenvalue weighted by atomic mass is 16.6. The standard InChI is InChI=1S/C45H69N7O10/c1-10-11-14-29-16-18-30(19-17-29)31-20-22-32(23-21-31)37(53)49-33(15-12-13-25-47-42(59)61-44(4,5)6)38(54)50-34(24-26-48-43(60)62-45(7,8)9)39(55)52-36(46)40(56)51-35(41(57)58)27-28(2)3/h16-23,28,33-36H,10-15,24-27,46H2,1-9H3,(H,47,59)(H,48,60)(H,49,53)(H,50,54)(H,51,56)(H,52,55)(H,57,58)/t33-,34-,35-,36+/m0/s1. The fraction of sp³-hybridized carbons (Fsp3) is 0.578. The van der Waals surface area contributed by atoms with Gasteiger partial charge in [-0.25, -0.2) is 14.4 Å². The molecule has 17 nitrogen and oxygen atoms in total. The molecule has 0 fully saturated rings. The number of carbonyl (C=O) groups is 7. The molecule has 0 saturated carbocycles. The van der Waals surface area contributed by atoms with Gasteiger partial charge >= 0.3 is 18.2 Å². The molecule has 0 spiro atoms. The van der Waals surface area contributed by atoms with Crippen LogP contribution in [0.15, 0.2) is 48.5 Å². The molecule has 2 aromatic rings. The van der Waals surface area contributed by atoms with E-state index in [2.05, 4.69) is 51.0 Å². The van der Waals surface area contributed by atoms with Crippen LogP contribution in [0.5, 0.6) is 0 Å². The Labute approximate surface area is 365 Å². The minimum Gasteiger partial charge on any atom is -0.480 e. The number of rotatable bonds is 23. The topological polar surface area (TPSA) is 256 Å². The normalized spacial score (nSPS) is 13.4. The van der Waals surface area contributed by atoms with E-state index < -0.39 is 77.3 Å². The molecule has 0 heterocycles. The summed E-state index contributed by atoms with van der Waals surface area (Å²) in [4.78, 5) is 90.6. The highest BCUT2D eigenvalue weighted by Gasteiger charge is 2.31. The highest BCUT2D eigenvalue weighted by Crippen LogP contribution is 2.21. The third-order valence-corrected chi connectivity index (χ3v) is 9.10. The van der Waals surface area contributed by atoms with Gasteiger partial charge in [0.15, 0.2) is 6.17 Å². The summed E-state index contributed by atoms with van der Waals surface area (Å²) in [5.41, 5.74) is 7.89. The molecule has 0 radical (unpaired) electrons. The van der Waals surface area contributed by atoms with E-state index in [1.165, 1.54) is 5.56 Å². The number of alkyl carbamates (subject to hydrolysis) is 2. The minimum absolute atomic E-state index is 0.0775. The Balaban J connectivity index is 2.31. The zero-order valence-corrected chi connectivity index (χ0v) is 37.8. The van der Waals surface area contributed by atoms with Crippen LogP contribution in [0, 0.1) is 5.92 Å². The molecule has 4 atom stereocenters. The first-order chi connectivity index (χ1) is 29.0. The summed E-state index contributed by atoms with van der Waals surface area (Å²) in [6, 6.07) is 11.3. The Morgan fingerprint density at radius 1 is 0.629 bits per heavy atom. The lowest BCUT2D eigenvalue weighted by Gasteiger charge is -2.25. The van der Waals surface area contributed by atoms with Crippen molar-refractivity contribution in [2.24, 2.45) is 11.7 Å². The quantitative estimate of drug-likeness (QED) is 0.0550. The van der Waals surface area contributed by atoms with E-state index in [4.69, 9.17) is 15.2 Å². The van der Waals surface area contributed by atoms with Gasteiger partial charge in [-0.2, -0.15) is 0 Å². The Bertz CT molecular complexity index is 1790. The maximum absolute atomic E-state index is 14.0. The van der Waals surface area contributed by atoms with E-state index in [0.717, 1.165) is 30.4 Å². The van der Waals surface area contributed by atoms with Crippen molar-refractivity contribution in [1.82, 2.24) is 31.9 Å². The molecule has 9 N–H and O–H groups in total. The zero-order valence-electron chi connectivity index (χ0n) is 37.8. The van der Waals surface area contributed by atoms with Gasteiger partial charge in [-0.05, 0) is 121 Å². The average molecular weight is 868 g/mol. The summed E-state index contributed by atoms with van der Waals surface area (Å²) in [6.45, 7) is 16.0. The van der Waals surface area contributed by atoms with E-state index >= 15 is 0 Å². The maximum atomic E-state index is 14.0. The predicted octanol–water partition coefficient (Wildman–Crippen LogP) is 4.91. The number of unbranched alkanes of at least 4 members (excludes halogenated alkanes) is 2. The Morgan fingerprint density at radius 3 is 1.65 bits per heavy atom. The van der Waals surface area contributed by atoms with Crippen molar-refractivity contribution in [3.8, 4) is 11.1 Å². The van der Waals surface area contributed by atoms with Crippen LogP contribution >= 0.6 is 0 Å². The number of carboxylic acid groups (broad SMARTS) is 1. The predicted molar refractivity (Wildman–Crippen MR) is 236 cm³/mol. The van der Waals surface area contributed by atoms with E-state index in [1.807, 2.05) is 24.3 Å². The number of aliphatic carboxylic acids is 1. The van der Waals surface area contributed by atoms with Crippen molar-refractivity contribution in [3.63, 3.8) is 0 Å². The first-order valence-corrected chi connectivity index (χ1v) is 21.3. The number of hydrogen-bond donors (Lipinski definition) is 8. The molecule has 0 aromatic heterocycles. The number of nitrogens with two attached hydrogens (primary N) is 1. The molecule has 17 heteroatoms. The summed E-state index contributed by atoms with van der Waals surface area (Å²) in [6.07, 6.45) is 0.892. The first kappa shape index (κ1) is 52.4. The number of carbonyl (C=O) groups excluding carboxylic acids is 6. The number of amides is 6. The van der Waals surface area contributed by atoms with Gasteiger partial charge < -0.3 is 52.2 Å². The summed E-state index contributed by atoms with van der Waals surface area (Å²) >= 11 is 0. The van der Waals surface area contributed by atoms with E-state index in [-0.39, 0.29) is 43.8 Å². The van der Waals surface area contributed by atoms with Crippen LogP contribution in [0.25, 0.3) is 11.1 Å². The monoisotopic (exact) mass is 868 g/mol. The van der Waals surface area contributed by atoms with Crippen LogP contribution in [0.1, 0.15) is 123 Å². The van der Waals surface area contributed by atoms with Crippen molar-refractivity contribution in [2.45, 2.75) is 149 Å². The zero-order chi connectivity index (χ0) is 46.6. The fourth-order valence-electron chi connectivity index (χ4n) is 5.99. The van der Waals surface area contributed by atoms with Crippen molar-refractivity contribution in [2.75, 3.05) is 13.1 Å². The SMILES string of the molecule is CCCCc1ccc(-c2ccc(C(=O)N[C@@H](CCCCNC(=O)OC(C)(C)C)C(=O)N[C@@H](CCNC(=O)OC(C)(C)C)C(=O)N[C@@H](N)C(=O)N[C@@H](CC(C)C)C(=O)O)cc2)cc1. The smallest absolute Gasteiger partial charge is 0.407 e. The van der Waals surface area contributed by atoms with Crippen molar-refractivity contribution in [1.29, 1.82) is 0 Å². The minimum atomic E-state index is -1.70. The largest absolute Gasteiger partial charge is 0.480 e. The van der Waals surface area contributed by atoms with Crippen LogP contribution < -0.4 is 37.6 Å². The van der Waals surface area contributed by atoms with Gasteiger partial charge in [-0.1, -0.05) is 63.6 Å². The summed E-state index contributed by atoms with van der Waals surface area (Å²) < 4.78 is 10.6. The molecule has 6 amide bonds. The Hall–Kier alpha value is -5.71. The molecule has 62 heavy (non-hydrogen) atoms. The first-order valence-electron chi connectivity index (χ1n) is 21.3. The molecule has 0 aliphatic heterocycles. The molecule has 2 rings (SSSR count). The van der Waals surface area contributed by atoms with Crippen LogP contribution in [-0.4, -0.2) is 95.5 Å². The lowest BCUT2D eigenvalue weighted by atomic mass is 10.0. The van der Waals surface area contributed by atoms with Crippen LogP contribution in [0.4, 0.5) is 9.59 Å². The number of carboxylic acids is 1. The number of aryl methyl sites for hydroxylation is 1. The van der Waals surface area contributed by atoms with E-state index in [0.29, 0.717) is 12.8 Å². The van der Waals surface area contributed by atoms with Crippen LogP contribution in [-0.2, 0) is 35.1 Å². The second kappa shape index (κ2) is 25.3.